The van der Waals surface area contributed by atoms with Gasteiger partial charge in [0.15, 0.2) is 0 Å². The molecule has 4 nitrogen and oxygen atoms in total. The molecule has 0 bridgehead atoms. The molecule has 0 saturated heterocycles. The van der Waals surface area contributed by atoms with Gasteiger partial charge in [-0.25, -0.2) is 0 Å². The van der Waals surface area contributed by atoms with Crippen LogP contribution in [0.3, 0.4) is 0 Å². The van der Waals surface area contributed by atoms with E-state index in [1.54, 1.807) is 29.9 Å². The molecule has 1 N–H and O–H groups in total. The number of aromatic nitrogens is 2. The summed E-state index contributed by atoms with van der Waals surface area (Å²) in [6.07, 6.45) is 5.68. The number of hydrogen-bond donors (Lipinski definition) is 1. The number of hydrogen-bond acceptors (Lipinski definition) is 4. The second kappa shape index (κ2) is 5.79. The monoisotopic (exact) mass is 283 g/mol. The number of thiophene rings is 1. The van der Waals surface area contributed by atoms with Crippen LogP contribution in [0.4, 0.5) is 0 Å². The van der Waals surface area contributed by atoms with Crippen molar-refractivity contribution in [1.29, 1.82) is 0 Å². The van der Waals surface area contributed by atoms with Crippen LogP contribution in [0, 0.1) is 0 Å². The lowest BCUT2D eigenvalue weighted by molar-refractivity contribution is 0.0954. The molecule has 0 unspecified atom stereocenters. The van der Waals surface area contributed by atoms with Gasteiger partial charge in [-0.3, -0.25) is 14.8 Å². The molecule has 0 saturated carbocycles. The van der Waals surface area contributed by atoms with Crippen molar-refractivity contribution in [2.45, 2.75) is 6.42 Å². The average Bonchev–Trinajstić information content (AvgIpc) is 2.95. The molecule has 2 heterocycles. The SMILES string of the molecule is O=C(NCCc1cnccn1)c1ccc2sccc2c1. The van der Waals surface area contributed by atoms with E-state index in [0.717, 1.165) is 11.1 Å². The van der Waals surface area contributed by atoms with E-state index < -0.39 is 0 Å². The quantitative estimate of drug-likeness (QED) is 0.801. The number of fused-ring (bicyclic) bond motifs is 1. The van der Waals surface area contributed by atoms with E-state index in [0.29, 0.717) is 18.5 Å². The van der Waals surface area contributed by atoms with Crippen LogP contribution >= 0.6 is 11.3 Å². The molecule has 5 heteroatoms. The first-order valence-corrected chi connectivity index (χ1v) is 7.21. The van der Waals surface area contributed by atoms with E-state index in [1.165, 1.54) is 4.70 Å². The van der Waals surface area contributed by atoms with Crippen molar-refractivity contribution in [3.05, 3.63) is 59.5 Å². The van der Waals surface area contributed by atoms with Crippen LogP contribution in [0.15, 0.2) is 48.2 Å². The maximum Gasteiger partial charge on any atom is 0.251 e. The molecule has 0 spiro atoms. The third kappa shape index (κ3) is 2.83. The molecule has 0 aliphatic rings. The average molecular weight is 283 g/mol. The minimum absolute atomic E-state index is 0.0537. The number of carbonyl (C=O) groups is 1. The normalized spacial score (nSPS) is 10.6. The molecule has 20 heavy (non-hydrogen) atoms. The minimum atomic E-state index is -0.0537. The van der Waals surface area contributed by atoms with E-state index in [4.69, 9.17) is 0 Å². The van der Waals surface area contributed by atoms with Crippen molar-refractivity contribution in [3.63, 3.8) is 0 Å². The van der Waals surface area contributed by atoms with Gasteiger partial charge in [-0.2, -0.15) is 0 Å². The van der Waals surface area contributed by atoms with Crippen LogP contribution in [0.1, 0.15) is 16.1 Å². The highest BCUT2D eigenvalue weighted by atomic mass is 32.1. The molecule has 0 radical (unpaired) electrons. The van der Waals surface area contributed by atoms with Crippen LogP contribution in [0.25, 0.3) is 10.1 Å². The highest BCUT2D eigenvalue weighted by molar-refractivity contribution is 7.17. The summed E-state index contributed by atoms with van der Waals surface area (Å²) < 4.78 is 1.20. The van der Waals surface area contributed by atoms with Crippen LogP contribution in [0.2, 0.25) is 0 Å². The molecular formula is C15H13N3OS. The lowest BCUT2D eigenvalue weighted by Gasteiger charge is -2.05. The maximum atomic E-state index is 12.1. The molecule has 1 amide bonds. The zero-order chi connectivity index (χ0) is 13.8. The first-order chi connectivity index (χ1) is 9.83. The van der Waals surface area contributed by atoms with Crippen LogP contribution in [0.5, 0.6) is 0 Å². The van der Waals surface area contributed by atoms with Gasteiger partial charge in [-0.05, 0) is 35.0 Å². The Morgan fingerprint density at radius 1 is 1.25 bits per heavy atom. The van der Waals surface area contributed by atoms with Gasteiger partial charge in [0.2, 0.25) is 0 Å². The van der Waals surface area contributed by atoms with Gasteiger partial charge in [-0.15, -0.1) is 11.3 Å². The van der Waals surface area contributed by atoms with Gasteiger partial charge in [0.1, 0.15) is 0 Å². The number of nitrogens with zero attached hydrogens (tertiary/aromatic N) is 2. The highest BCUT2D eigenvalue weighted by Gasteiger charge is 2.06. The second-order valence-corrected chi connectivity index (χ2v) is 5.32. The summed E-state index contributed by atoms with van der Waals surface area (Å²) in [4.78, 5) is 20.2. The van der Waals surface area contributed by atoms with Crippen LogP contribution in [-0.4, -0.2) is 22.4 Å². The second-order valence-electron chi connectivity index (χ2n) is 4.38. The molecule has 3 rings (SSSR count). The Morgan fingerprint density at radius 2 is 2.20 bits per heavy atom. The Bertz CT molecular complexity index is 724. The largest absolute Gasteiger partial charge is 0.352 e. The first-order valence-electron chi connectivity index (χ1n) is 6.33. The third-order valence-electron chi connectivity index (χ3n) is 3.00. The molecule has 100 valence electrons. The summed E-state index contributed by atoms with van der Waals surface area (Å²) in [5.74, 6) is -0.0537. The van der Waals surface area contributed by atoms with E-state index in [9.17, 15) is 4.79 Å². The van der Waals surface area contributed by atoms with Crippen molar-refractivity contribution in [3.8, 4) is 0 Å². The van der Waals surface area contributed by atoms with Gasteiger partial charge < -0.3 is 5.32 Å². The summed E-state index contributed by atoms with van der Waals surface area (Å²) in [7, 11) is 0. The Balaban J connectivity index is 1.61. The number of amides is 1. The van der Waals surface area contributed by atoms with E-state index in [2.05, 4.69) is 15.3 Å². The van der Waals surface area contributed by atoms with Crippen molar-refractivity contribution in [2.75, 3.05) is 6.54 Å². The van der Waals surface area contributed by atoms with Crippen molar-refractivity contribution in [2.24, 2.45) is 0 Å². The zero-order valence-electron chi connectivity index (χ0n) is 10.7. The van der Waals surface area contributed by atoms with Crippen molar-refractivity contribution < 1.29 is 4.79 Å². The minimum Gasteiger partial charge on any atom is -0.352 e. The van der Waals surface area contributed by atoms with Crippen LogP contribution < -0.4 is 5.32 Å². The van der Waals surface area contributed by atoms with Crippen molar-refractivity contribution >= 4 is 27.3 Å². The van der Waals surface area contributed by atoms with E-state index >= 15 is 0 Å². The standard InChI is InChI=1S/C15H13N3OS/c19-15(18-5-3-13-10-16-6-7-17-13)12-1-2-14-11(9-12)4-8-20-14/h1-2,4,6-10H,3,5H2,(H,18,19). The predicted octanol–water partition coefficient (Wildman–Crippen LogP) is 2.66. The fourth-order valence-electron chi connectivity index (χ4n) is 1.97. The number of carbonyl (C=O) groups excluding carboxylic acids is 1. The predicted molar refractivity (Wildman–Crippen MR) is 79.9 cm³/mol. The molecule has 3 aromatic rings. The first kappa shape index (κ1) is 12.7. The summed E-state index contributed by atoms with van der Waals surface area (Å²) in [6, 6.07) is 7.79. The molecule has 2 aromatic heterocycles. The van der Waals surface area contributed by atoms with Gasteiger partial charge in [0.05, 0.1) is 5.69 Å². The van der Waals surface area contributed by atoms with Gasteiger partial charge in [-0.1, -0.05) is 0 Å². The van der Waals surface area contributed by atoms with E-state index in [1.807, 2.05) is 29.6 Å². The van der Waals surface area contributed by atoms with Gasteiger partial charge in [0, 0.05) is 41.8 Å². The Labute approximate surface area is 120 Å². The smallest absolute Gasteiger partial charge is 0.251 e. The third-order valence-corrected chi connectivity index (χ3v) is 3.90. The fourth-order valence-corrected chi connectivity index (χ4v) is 2.74. The Morgan fingerprint density at radius 3 is 3.05 bits per heavy atom. The molecule has 1 aromatic carbocycles. The Hall–Kier alpha value is -2.27. The van der Waals surface area contributed by atoms with E-state index in [-0.39, 0.29) is 5.91 Å². The Kier molecular flexibility index (Phi) is 3.69. The number of benzene rings is 1. The summed E-state index contributed by atoms with van der Waals surface area (Å²) in [5.41, 5.74) is 1.57. The lowest BCUT2D eigenvalue weighted by Crippen LogP contribution is -2.25. The number of nitrogens with one attached hydrogen (secondary N) is 1. The molecular weight excluding hydrogens is 270 g/mol. The molecule has 0 aliphatic carbocycles. The molecule has 0 atom stereocenters. The molecule has 0 fully saturated rings. The highest BCUT2D eigenvalue weighted by Crippen LogP contribution is 2.21. The maximum absolute atomic E-state index is 12.1. The summed E-state index contributed by atoms with van der Waals surface area (Å²) in [6.45, 7) is 0.555. The van der Waals surface area contributed by atoms with Crippen molar-refractivity contribution in [1.82, 2.24) is 15.3 Å². The van der Waals surface area contributed by atoms with Crippen LogP contribution in [-0.2, 0) is 6.42 Å². The van der Waals surface area contributed by atoms with Gasteiger partial charge in [0.25, 0.3) is 5.91 Å². The lowest BCUT2D eigenvalue weighted by atomic mass is 10.1. The van der Waals surface area contributed by atoms with Gasteiger partial charge >= 0.3 is 0 Å². The number of rotatable bonds is 4. The summed E-state index contributed by atoms with van der Waals surface area (Å²) in [5, 5.41) is 6.04. The topological polar surface area (TPSA) is 54.9 Å². The molecule has 0 aliphatic heterocycles. The fraction of sp³-hybridized carbons (Fsp3) is 0.133. The zero-order valence-corrected chi connectivity index (χ0v) is 11.6. The summed E-state index contributed by atoms with van der Waals surface area (Å²) >= 11 is 1.68.